The Morgan fingerprint density at radius 1 is 1.53 bits per heavy atom. The first-order valence-corrected chi connectivity index (χ1v) is 6.40. The van der Waals surface area contributed by atoms with Crippen molar-refractivity contribution in [3.05, 3.63) is 28.2 Å². The van der Waals surface area contributed by atoms with Gasteiger partial charge in [0.25, 0.3) is 0 Å². The summed E-state index contributed by atoms with van der Waals surface area (Å²) in [5.74, 6) is 1.55. The standard InChI is InChI=1S/C12H15BrN2O2/c13-9-3-4-11(10(7-9)12(14)15-16)17-6-5-8-1-2-8/h3-4,7-8,16H,1-2,5-6H2,(H2,14,15). The van der Waals surface area contributed by atoms with Crippen LogP contribution in [0.4, 0.5) is 0 Å². The summed E-state index contributed by atoms with van der Waals surface area (Å²) in [4.78, 5) is 0. The number of nitrogens with two attached hydrogens (primary N) is 1. The van der Waals surface area contributed by atoms with E-state index in [1.54, 1.807) is 6.07 Å². The van der Waals surface area contributed by atoms with Crippen molar-refractivity contribution >= 4 is 21.8 Å². The molecule has 0 bridgehead atoms. The molecule has 1 aromatic carbocycles. The molecular weight excluding hydrogens is 284 g/mol. The Balaban J connectivity index is 2.07. The normalized spacial score (nSPS) is 15.9. The van der Waals surface area contributed by atoms with Crippen molar-refractivity contribution in [3.63, 3.8) is 0 Å². The van der Waals surface area contributed by atoms with Crippen LogP contribution in [0.2, 0.25) is 0 Å². The highest BCUT2D eigenvalue weighted by Crippen LogP contribution is 2.32. The van der Waals surface area contributed by atoms with Crippen LogP contribution in [0.3, 0.4) is 0 Å². The molecule has 0 heterocycles. The van der Waals surface area contributed by atoms with E-state index < -0.39 is 0 Å². The van der Waals surface area contributed by atoms with Gasteiger partial charge in [-0.2, -0.15) is 0 Å². The van der Waals surface area contributed by atoms with Gasteiger partial charge in [-0.05, 0) is 30.5 Å². The lowest BCUT2D eigenvalue weighted by Gasteiger charge is -2.10. The zero-order chi connectivity index (χ0) is 12.3. The van der Waals surface area contributed by atoms with Crippen LogP contribution < -0.4 is 10.5 Å². The summed E-state index contributed by atoms with van der Waals surface area (Å²) < 4.78 is 6.54. The molecule has 1 aliphatic carbocycles. The van der Waals surface area contributed by atoms with Gasteiger partial charge in [0.05, 0.1) is 12.2 Å². The molecule has 0 unspecified atom stereocenters. The SMILES string of the molecule is N/C(=N/O)c1cc(Br)ccc1OCCC1CC1. The van der Waals surface area contributed by atoms with Gasteiger partial charge < -0.3 is 15.7 Å². The molecule has 1 aliphatic rings. The van der Waals surface area contributed by atoms with Gasteiger partial charge in [0.1, 0.15) is 5.75 Å². The van der Waals surface area contributed by atoms with Crippen molar-refractivity contribution in [2.24, 2.45) is 16.8 Å². The number of benzene rings is 1. The van der Waals surface area contributed by atoms with Crippen LogP contribution in [0.25, 0.3) is 0 Å². The smallest absolute Gasteiger partial charge is 0.173 e. The summed E-state index contributed by atoms with van der Waals surface area (Å²) in [5, 5.41) is 11.7. The predicted octanol–water partition coefficient (Wildman–Crippen LogP) is 2.72. The highest BCUT2D eigenvalue weighted by molar-refractivity contribution is 9.10. The van der Waals surface area contributed by atoms with Crippen LogP contribution in [-0.4, -0.2) is 17.6 Å². The van der Waals surface area contributed by atoms with E-state index in [-0.39, 0.29) is 5.84 Å². The number of ether oxygens (including phenoxy) is 1. The Hall–Kier alpha value is -1.23. The van der Waals surface area contributed by atoms with Crippen LogP contribution in [0, 0.1) is 5.92 Å². The molecule has 0 atom stereocenters. The first kappa shape index (κ1) is 12.2. The summed E-state index contributed by atoms with van der Waals surface area (Å²) in [6.07, 6.45) is 3.71. The van der Waals surface area contributed by atoms with Gasteiger partial charge in [0.15, 0.2) is 5.84 Å². The largest absolute Gasteiger partial charge is 0.493 e. The van der Waals surface area contributed by atoms with Crippen LogP contribution in [0.5, 0.6) is 5.75 Å². The Kier molecular flexibility index (Phi) is 3.89. The second kappa shape index (κ2) is 5.40. The zero-order valence-electron chi connectivity index (χ0n) is 9.40. The molecule has 0 aromatic heterocycles. The number of rotatable bonds is 5. The van der Waals surface area contributed by atoms with Gasteiger partial charge in [-0.3, -0.25) is 0 Å². The molecule has 0 spiro atoms. The van der Waals surface area contributed by atoms with E-state index in [0.29, 0.717) is 17.9 Å². The predicted molar refractivity (Wildman–Crippen MR) is 69.5 cm³/mol. The van der Waals surface area contributed by atoms with E-state index in [0.717, 1.165) is 16.8 Å². The molecule has 3 N–H and O–H groups in total. The number of hydrogen-bond acceptors (Lipinski definition) is 3. The number of hydrogen-bond donors (Lipinski definition) is 2. The van der Waals surface area contributed by atoms with E-state index in [1.165, 1.54) is 12.8 Å². The molecule has 2 rings (SSSR count). The fraction of sp³-hybridized carbons (Fsp3) is 0.417. The lowest BCUT2D eigenvalue weighted by molar-refractivity contribution is 0.300. The lowest BCUT2D eigenvalue weighted by atomic mass is 10.2. The summed E-state index contributed by atoms with van der Waals surface area (Å²) in [6, 6.07) is 5.48. The van der Waals surface area contributed by atoms with Crippen LogP contribution in [0.15, 0.2) is 27.8 Å². The monoisotopic (exact) mass is 298 g/mol. The van der Waals surface area contributed by atoms with Gasteiger partial charge in [0.2, 0.25) is 0 Å². The summed E-state index contributed by atoms with van der Waals surface area (Å²) >= 11 is 3.35. The first-order valence-electron chi connectivity index (χ1n) is 5.61. The molecule has 0 radical (unpaired) electrons. The summed E-state index contributed by atoms with van der Waals surface area (Å²) in [7, 11) is 0. The highest BCUT2D eigenvalue weighted by atomic mass is 79.9. The third-order valence-corrected chi connectivity index (χ3v) is 3.30. The molecule has 1 aromatic rings. The minimum Gasteiger partial charge on any atom is -0.493 e. The van der Waals surface area contributed by atoms with Crippen LogP contribution in [-0.2, 0) is 0 Å². The Labute approximate surface area is 109 Å². The average Bonchev–Trinajstić information content (AvgIpc) is 3.14. The van der Waals surface area contributed by atoms with Crippen LogP contribution in [0.1, 0.15) is 24.8 Å². The Bertz CT molecular complexity index is 431. The second-order valence-corrected chi connectivity index (χ2v) is 5.12. The molecule has 0 amide bonds. The maximum Gasteiger partial charge on any atom is 0.173 e. The Morgan fingerprint density at radius 2 is 2.29 bits per heavy atom. The molecule has 4 nitrogen and oxygen atoms in total. The lowest BCUT2D eigenvalue weighted by Crippen LogP contribution is -2.15. The average molecular weight is 299 g/mol. The van der Waals surface area contributed by atoms with Gasteiger partial charge >= 0.3 is 0 Å². The highest BCUT2D eigenvalue weighted by Gasteiger charge is 2.21. The number of oxime groups is 1. The molecule has 1 saturated carbocycles. The molecule has 92 valence electrons. The van der Waals surface area contributed by atoms with Crippen molar-refractivity contribution in [1.29, 1.82) is 0 Å². The molecular formula is C12H15BrN2O2. The van der Waals surface area contributed by atoms with Gasteiger partial charge in [0, 0.05) is 4.47 Å². The minimum atomic E-state index is 0.0627. The molecule has 1 fully saturated rings. The summed E-state index contributed by atoms with van der Waals surface area (Å²) in [5.41, 5.74) is 6.22. The quantitative estimate of drug-likeness (QED) is 0.380. The van der Waals surface area contributed by atoms with E-state index in [2.05, 4.69) is 21.1 Å². The topological polar surface area (TPSA) is 67.8 Å². The Morgan fingerprint density at radius 3 is 2.94 bits per heavy atom. The zero-order valence-corrected chi connectivity index (χ0v) is 11.0. The van der Waals surface area contributed by atoms with Gasteiger partial charge in [-0.25, -0.2) is 0 Å². The van der Waals surface area contributed by atoms with Gasteiger partial charge in [-0.1, -0.05) is 33.9 Å². The van der Waals surface area contributed by atoms with Crippen molar-refractivity contribution in [2.75, 3.05) is 6.61 Å². The van der Waals surface area contributed by atoms with Crippen molar-refractivity contribution in [3.8, 4) is 5.75 Å². The second-order valence-electron chi connectivity index (χ2n) is 4.21. The fourth-order valence-electron chi connectivity index (χ4n) is 1.62. The first-order chi connectivity index (χ1) is 8.20. The van der Waals surface area contributed by atoms with E-state index >= 15 is 0 Å². The third-order valence-electron chi connectivity index (χ3n) is 2.81. The van der Waals surface area contributed by atoms with Crippen molar-refractivity contribution in [1.82, 2.24) is 0 Å². The maximum atomic E-state index is 8.72. The molecule has 0 aliphatic heterocycles. The number of nitrogens with zero attached hydrogens (tertiary/aromatic N) is 1. The maximum absolute atomic E-state index is 8.72. The minimum absolute atomic E-state index is 0.0627. The van der Waals surface area contributed by atoms with Crippen LogP contribution >= 0.6 is 15.9 Å². The number of halogens is 1. The van der Waals surface area contributed by atoms with Crippen molar-refractivity contribution in [2.45, 2.75) is 19.3 Å². The van der Waals surface area contributed by atoms with E-state index in [1.807, 2.05) is 12.1 Å². The third kappa shape index (κ3) is 3.36. The van der Waals surface area contributed by atoms with E-state index in [4.69, 9.17) is 15.7 Å². The van der Waals surface area contributed by atoms with E-state index in [9.17, 15) is 0 Å². The van der Waals surface area contributed by atoms with Crippen molar-refractivity contribution < 1.29 is 9.94 Å². The fourth-order valence-corrected chi connectivity index (χ4v) is 1.99. The van der Waals surface area contributed by atoms with Gasteiger partial charge in [-0.15, -0.1) is 0 Å². The molecule has 0 saturated heterocycles. The molecule has 17 heavy (non-hydrogen) atoms. The summed E-state index contributed by atoms with van der Waals surface area (Å²) in [6.45, 7) is 0.679. The molecule has 5 heteroatoms. The number of amidine groups is 1.